The molecule has 0 aromatic rings. The van der Waals surface area contributed by atoms with Crippen LogP contribution in [0.1, 0.15) is 39.0 Å². The summed E-state index contributed by atoms with van der Waals surface area (Å²) < 4.78 is 4.69. The monoisotopic (exact) mass is 198 g/mol. The Balaban J connectivity index is 2.76. The van der Waals surface area contributed by atoms with Crippen LogP contribution in [0.5, 0.6) is 0 Å². The van der Waals surface area contributed by atoms with E-state index in [0.717, 1.165) is 32.0 Å². The van der Waals surface area contributed by atoms with Crippen LogP contribution in [0.2, 0.25) is 0 Å². The Kier molecular flexibility index (Phi) is 3.67. The van der Waals surface area contributed by atoms with Crippen LogP contribution in [0.15, 0.2) is 0 Å². The molecule has 3 nitrogen and oxygen atoms in total. The molecule has 0 aliphatic heterocycles. The number of ether oxygens (including phenoxy) is 1. The van der Waals surface area contributed by atoms with Gasteiger partial charge in [-0.05, 0) is 12.8 Å². The molecule has 0 spiro atoms. The summed E-state index contributed by atoms with van der Waals surface area (Å²) >= 11 is 0. The first-order chi connectivity index (χ1) is 6.66. The molecule has 80 valence electrons. The fourth-order valence-corrected chi connectivity index (χ4v) is 2.27. The summed E-state index contributed by atoms with van der Waals surface area (Å²) in [5.41, 5.74) is -0.453. The zero-order valence-electron chi connectivity index (χ0n) is 8.91. The molecular formula is C11H18O3. The lowest BCUT2D eigenvalue weighted by molar-refractivity contribution is -0.153. The Morgan fingerprint density at radius 3 is 2.36 bits per heavy atom. The topological polar surface area (TPSA) is 43.4 Å². The summed E-state index contributed by atoms with van der Waals surface area (Å²) in [6, 6.07) is 0. The molecule has 0 amide bonds. The Labute approximate surface area is 84.8 Å². The molecule has 0 aromatic heterocycles. The first-order valence-electron chi connectivity index (χ1n) is 5.20. The van der Waals surface area contributed by atoms with E-state index in [-0.39, 0.29) is 11.9 Å². The normalized spacial score (nSPS) is 22.4. The van der Waals surface area contributed by atoms with E-state index >= 15 is 0 Å². The Hall–Kier alpha value is -0.860. The largest absolute Gasteiger partial charge is 0.469 e. The van der Waals surface area contributed by atoms with Gasteiger partial charge in [0, 0.05) is 5.41 Å². The quantitative estimate of drug-likeness (QED) is 0.514. The molecule has 0 bridgehead atoms. The summed E-state index contributed by atoms with van der Waals surface area (Å²) in [5, 5.41) is 0. The molecule has 0 N–H and O–H groups in total. The molecule has 3 heteroatoms. The third-order valence-corrected chi connectivity index (χ3v) is 3.44. The van der Waals surface area contributed by atoms with Crippen molar-refractivity contribution in [2.45, 2.75) is 39.0 Å². The zero-order valence-corrected chi connectivity index (χ0v) is 8.91. The van der Waals surface area contributed by atoms with Crippen LogP contribution in [0, 0.1) is 11.3 Å². The molecule has 0 radical (unpaired) electrons. The number of carbonyl (C=O) groups is 2. The highest BCUT2D eigenvalue weighted by molar-refractivity contribution is 5.78. The van der Waals surface area contributed by atoms with Crippen molar-refractivity contribution in [3.05, 3.63) is 0 Å². The van der Waals surface area contributed by atoms with Crippen molar-refractivity contribution < 1.29 is 14.3 Å². The van der Waals surface area contributed by atoms with E-state index in [0.29, 0.717) is 0 Å². The first kappa shape index (κ1) is 11.2. The Bertz CT molecular complexity index is 217. The van der Waals surface area contributed by atoms with Crippen LogP contribution in [-0.2, 0) is 14.3 Å². The van der Waals surface area contributed by atoms with Crippen LogP contribution in [0.25, 0.3) is 0 Å². The standard InChI is InChI=1S/C11H18O3/c1-9(10(13)14-2)11(8-12)6-4-3-5-7-11/h8-9H,3-7H2,1-2H3. The lowest BCUT2D eigenvalue weighted by Gasteiger charge is -2.35. The van der Waals surface area contributed by atoms with Gasteiger partial charge in [0.2, 0.25) is 0 Å². The Morgan fingerprint density at radius 2 is 1.93 bits per heavy atom. The second-order valence-corrected chi connectivity index (χ2v) is 4.16. The van der Waals surface area contributed by atoms with Crippen molar-refractivity contribution in [3.63, 3.8) is 0 Å². The van der Waals surface area contributed by atoms with Gasteiger partial charge >= 0.3 is 5.97 Å². The highest BCUT2D eigenvalue weighted by Crippen LogP contribution is 2.41. The van der Waals surface area contributed by atoms with Crippen LogP contribution < -0.4 is 0 Å². The number of methoxy groups -OCH3 is 1. The summed E-state index contributed by atoms with van der Waals surface area (Å²) in [6.07, 6.45) is 5.87. The summed E-state index contributed by atoms with van der Waals surface area (Å²) in [5.74, 6) is -0.565. The van der Waals surface area contributed by atoms with Crippen LogP contribution >= 0.6 is 0 Å². The Morgan fingerprint density at radius 1 is 1.36 bits per heavy atom. The highest BCUT2D eigenvalue weighted by Gasteiger charge is 2.41. The summed E-state index contributed by atoms with van der Waals surface area (Å²) in [4.78, 5) is 22.5. The zero-order chi connectivity index (χ0) is 10.6. The van der Waals surface area contributed by atoms with Gasteiger partial charge in [0.05, 0.1) is 13.0 Å². The maximum atomic E-state index is 11.4. The van der Waals surface area contributed by atoms with Gasteiger partial charge in [-0.2, -0.15) is 0 Å². The molecule has 1 atom stereocenters. The minimum atomic E-state index is -0.453. The van der Waals surface area contributed by atoms with Crippen molar-refractivity contribution in [3.8, 4) is 0 Å². The lowest BCUT2D eigenvalue weighted by atomic mass is 9.67. The van der Waals surface area contributed by atoms with Crippen molar-refractivity contribution in [2.24, 2.45) is 11.3 Å². The number of aldehydes is 1. The van der Waals surface area contributed by atoms with E-state index in [1.54, 1.807) is 6.92 Å². The maximum Gasteiger partial charge on any atom is 0.309 e. The third kappa shape index (κ3) is 1.97. The smallest absolute Gasteiger partial charge is 0.309 e. The molecule has 1 unspecified atom stereocenters. The number of rotatable bonds is 3. The first-order valence-corrected chi connectivity index (χ1v) is 5.20. The van der Waals surface area contributed by atoms with Gasteiger partial charge in [-0.3, -0.25) is 4.79 Å². The van der Waals surface area contributed by atoms with Crippen LogP contribution in [0.4, 0.5) is 0 Å². The van der Waals surface area contributed by atoms with Crippen molar-refractivity contribution in [2.75, 3.05) is 7.11 Å². The van der Waals surface area contributed by atoms with E-state index in [2.05, 4.69) is 0 Å². The minimum Gasteiger partial charge on any atom is -0.469 e. The predicted octanol–water partition coefficient (Wildman–Crippen LogP) is 1.94. The van der Waals surface area contributed by atoms with E-state index in [1.165, 1.54) is 13.5 Å². The fourth-order valence-electron chi connectivity index (χ4n) is 2.27. The second kappa shape index (κ2) is 4.58. The van der Waals surface area contributed by atoms with Gasteiger partial charge in [-0.25, -0.2) is 0 Å². The molecule has 14 heavy (non-hydrogen) atoms. The van der Waals surface area contributed by atoms with Crippen molar-refractivity contribution in [1.29, 1.82) is 0 Å². The number of hydrogen-bond donors (Lipinski definition) is 0. The van der Waals surface area contributed by atoms with Crippen LogP contribution in [0.3, 0.4) is 0 Å². The molecule has 1 aliphatic rings. The van der Waals surface area contributed by atoms with E-state index < -0.39 is 5.41 Å². The van der Waals surface area contributed by atoms with E-state index in [9.17, 15) is 9.59 Å². The molecule has 0 saturated heterocycles. The van der Waals surface area contributed by atoms with Gasteiger partial charge in [0.1, 0.15) is 6.29 Å². The molecule has 1 fully saturated rings. The summed E-state index contributed by atoms with van der Waals surface area (Å²) in [6.45, 7) is 1.80. The maximum absolute atomic E-state index is 11.4. The average molecular weight is 198 g/mol. The average Bonchev–Trinajstić information content (AvgIpc) is 2.28. The number of carbonyl (C=O) groups excluding carboxylic acids is 2. The van der Waals surface area contributed by atoms with Gasteiger partial charge in [-0.1, -0.05) is 26.2 Å². The molecule has 0 aromatic carbocycles. The second-order valence-electron chi connectivity index (χ2n) is 4.16. The lowest BCUT2D eigenvalue weighted by Crippen LogP contribution is -2.38. The molecule has 1 aliphatic carbocycles. The SMILES string of the molecule is COC(=O)C(C)C1(C=O)CCCCC1. The number of esters is 1. The van der Waals surface area contributed by atoms with Crippen molar-refractivity contribution in [1.82, 2.24) is 0 Å². The molecular weight excluding hydrogens is 180 g/mol. The van der Waals surface area contributed by atoms with Crippen molar-refractivity contribution >= 4 is 12.3 Å². The van der Waals surface area contributed by atoms with Gasteiger partial charge < -0.3 is 9.53 Å². The van der Waals surface area contributed by atoms with Gasteiger partial charge in [0.25, 0.3) is 0 Å². The third-order valence-electron chi connectivity index (χ3n) is 3.44. The van der Waals surface area contributed by atoms with Gasteiger partial charge in [-0.15, -0.1) is 0 Å². The summed E-state index contributed by atoms with van der Waals surface area (Å²) in [7, 11) is 1.38. The molecule has 1 saturated carbocycles. The molecule has 0 heterocycles. The van der Waals surface area contributed by atoms with E-state index in [1.807, 2.05) is 0 Å². The number of hydrogen-bond acceptors (Lipinski definition) is 3. The fraction of sp³-hybridized carbons (Fsp3) is 0.818. The highest BCUT2D eigenvalue weighted by atomic mass is 16.5. The van der Waals surface area contributed by atoms with E-state index in [4.69, 9.17) is 4.74 Å². The van der Waals surface area contributed by atoms with Crippen LogP contribution in [-0.4, -0.2) is 19.4 Å². The van der Waals surface area contributed by atoms with Gasteiger partial charge in [0.15, 0.2) is 0 Å². The predicted molar refractivity (Wildman–Crippen MR) is 52.8 cm³/mol. The molecule has 1 rings (SSSR count). The minimum absolute atomic E-state index is 0.265.